The summed E-state index contributed by atoms with van der Waals surface area (Å²) in [4.78, 5) is 11.6. The zero-order valence-corrected chi connectivity index (χ0v) is 13.5. The number of hydrogen-bond acceptors (Lipinski definition) is 5. The van der Waals surface area contributed by atoms with E-state index in [1.54, 1.807) is 19.2 Å². The van der Waals surface area contributed by atoms with Gasteiger partial charge in [0.1, 0.15) is 0 Å². The van der Waals surface area contributed by atoms with Crippen LogP contribution in [0.2, 0.25) is 0 Å². The Morgan fingerprint density at radius 1 is 1.23 bits per heavy atom. The van der Waals surface area contributed by atoms with Crippen molar-refractivity contribution in [1.82, 2.24) is 10.6 Å². The molecule has 0 spiro atoms. The Balaban J connectivity index is 2.20. The summed E-state index contributed by atoms with van der Waals surface area (Å²) < 4.78 is 27.1. The Morgan fingerprint density at radius 3 is 2.50 bits per heavy atom. The van der Waals surface area contributed by atoms with Crippen LogP contribution < -0.4 is 15.8 Å². The molecule has 0 bridgehead atoms. The predicted octanol–water partition coefficient (Wildman–Crippen LogP) is -0.381. The van der Waals surface area contributed by atoms with Crippen LogP contribution in [-0.4, -0.2) is 47.7 Å². The van der Waals surface area contributed by atoms with E-state index in [4.69, 9.17) is 9.88 Å². The van der Waals surface area contributed by atoms with Crippen LogP contribution in [0, 0.1) is 0 Å². The lowest BCUT2D eigenvalue weighted by atomic mass is 10.1. The summed E-state index contributed by atoms with van der Waals surface area (Å²) in [5.74, 6) is -0.0549. The van der Waals surface area contributed by atoms with Gasteiger partial charge in [0.25, 0.3) is 0 Å². The number of rotatable bonds is 10. The third kappa shape index (κ3) is 7.51. The molecule has 0 fully saturated rings. The molecule has 124 valence electrons. The van der Waals surface area contributed by atoms with Crippen molar-refractivity contribution in [3.05, 3.63) is 29.8 Å². The smallest absolute Gasteiger partial charge is 0.238 e. The minimum Gasteiger partial charge on any atom is -0.385 e. The van der Waals surface area contributed by atoms with Gasteiger partial charge in [0.2, 0.25) is 15.9 Å². The second-order valence-corrected chi connectivity index (χ2v) is 6.37. The number of benzene rings is 1. The van der Waals surface area contributed by atoms with Gasteiger partial charge in [0.05, 0.1) is 11.4 Å². The molecule has 8 heteroatoms. The van der Waals surface area contributed by atoms with E-state index in [2.05, 4.69) is 10.6 Å². The lowest BCUT2D eigenvalue weighted by Gasteiger charge is -2.07. The van der Waals surface area contributed by atoms with E-state index < -0.39 is 10.0 Å². The summed E-state index contributed by atoms with van der Waals surface area (Å²) in [7, 11) is -2.02. The average Bonchev–Trinajstić information content (AvgIpc) is 2.48. The maximum atomic E-state index is 11.5. The average molecular weight is 329 g/mol. The first-order chi connectivity index (χ1) is 10.4. The van der Waals surface area contributed by atoms with Crippen molar-refractivity contribution in [3.8, 4) is 0 Å². The van der Waals surface area contributed by atoms with Crippen molar-refractivity contribution in [3.63, 3.8) is 0 Å². The van der Waals surface area contributed by atoms with Crippen LogP contribution in [0.4, 0.5) is 0 Å². The molecule has 1 aromatic rings. The summed E-state index contributed by atoms with van der Waals surface area (Å²) in [5, 5.41) is 10.8. The second-order valence-electron chi connectivity index (χ2n) is 4.81. The van der Waals surface area contributed by atoms with E-state index in [-0.39, 0.29) is 17.3 Å². The van der Waals surface area contributed by atoms with Crippen molar-refractivity contribution in [2.24, 2.45) is 5.14 Å². The minimum atomic E-state index is -3.65. The molecule has 22 heavy (non-hydrogen) atoms. The Morgan fingerprint density at radius 2 is 1.91 bits per heavy atom. The van der Waals surface area contributed by atoms with Gasteiger partial charge in [-0.1, -0.05) is 12.1 Å². The molecular weight excluding hydrogens is 306 g/mol. The van der Waals surface area contributed by atoms with Crippen LogP contribution in [-0.2, 0) is 26.0 Å². The first-order valence-electron chi connectivity index (χ1n) is 7.01. The van der Waals surface area contributed by atoms with Gasteiger partial charge in [-0.15, -0.1) is 0 Å². The number of methoxy groups -OCH3 is 1. The van der Waals surface area contributed by atoms with Gasteiger partial charge >= 0.3 is 0 Å². The fraction of sp³-hybridized carbons (Fsp3) is 0.500. The van der Waals surface area contributed by atoms with Crippen LogP contribution in [0.3, 0.4) is 0 Å². The molecule has 0 heterocycles. The Hall–Kier alpha value is -1.48. The van der Waals surface area contributed by atoms with Crippen molar-refractivity contribution >= 4 is 15.9 Å². The van der Waals surface area contributed by atoms with Crippen molar-refractivity contribution in [2.75, 3.05) is 33.4 Å². The highest BCUT2D eigenvalue weighted by Crippen LogP contribution is 2.08. The quantitative estimate of drug-likeness (QED) is 0.507. The number of carbonyl (C=O) groups is 1. The van der Waals surface area contributed by atoms with Crippen molar-refractivity contribution in [1.29, 1.82) is 0 Å². The molecule has 0 saturated carbocycles. The summed E-state index contributed by atoms with van der Waals surface area (Å²) in [5.41, 5.74) is 0.973. The van der Waals surface area contributed by atoms with E-state index in [1.807, 2.05) is 0 Å². The lowest BCUT2D eigenvalue weighted by molar-refractivity contribution is -0.120. The molecule has 1 amide bonds. The molecule has 0 radical (unpaired) electrons. The van der Waals surface area contributed by atoms with Gasteiger partial charge in [0.15, 0.2) is 0 Å². The number of nitrogens with two attached hydrogens (primary N) is 1. The van der Waals surface area contributed by atoms with Gasteiger partial charge in [-0.25, -0.2) is 13.6 Å². The first kappa shape index (κ1) is 18.6. The Labute approximate surface area is 131 Å². The predicted molar refractivity (Wildman–Crippen MR) is 83.9 cm³/mol. The highest BCUT2D eigenvalue weighted by molar-refractivity contribution is 7.89. The Bertz CT molecular complexity index is 558. The van der Waals surface area contributed by atoms with Crippen LogP contribution in [0.1, 0.15) is 12.0 Å². The van der Waals surface area contributed by atoms with Gasteiger partial charge in [-0.3, -0.25) is 4.79 Å². The number of nitrogens with one attached hydrogen (secondary N) is 2. The summed E-state index contributed by atoms with van der Waals surface area (Å²) in [6.07, 6.45) is 1.49. The summed E-state index contributed by atoms with van der Waals surface area (Å²) >= 11 is 0. The number of hydrogen-bond donors (Lipinski definition) is 3. The molecule has 0 aromatic heterocycles. The van der Waals surface area contributed by atoms with Gasteiger partial charge < -0.3 is 15.4 Å². The monoisotopic (exact) mass is 329 g/mol. The standard InChI is InChI=1S/C14H23N3O4S/c1-21-10-2-8-17-14(18)11-16-9-7-12-3-5-13(6-4-12)22(15,19)20/h3-6,16H,2,7-11H2,1H3,(H,17,18)(H2,15,19,20). The van der Waals surface area contributed by atoms with Crippen LogP contribution in [0.15, 0.2) is 29.2 Å². The second kappa shape index (κ2) is 9.52. The van der Waals surface area contributed by atoms with Gasteiger partial charge in [-0.2, -0.15) is 0 Å². The molecule has 0 saturated heterocycles. The molecule has 4 N–H and O–H groups in total. The van der Waals surface area contributed by atoms with Crippen LogP contribution >= 0.6 is 0 Å². The van der Waals surface area contributed by atoms with Crippen LogP contribution in [0.25, 0.3) is 0 Å². The molecule has 0 aliphatic carbocycles. The third-order valence-corrected chi connectivity index (χ3v) is 3.90. The SMILES string of the molecule is COCCCNC(=O)CNCCc1ccc(S(N)(=O)=O)cc1. The normalized spacial score (nSPS) is 11.4. The van der Waals surface area contributed by atoms with E-state index >= 15 is 0 Å². The minimum absolute atomic E-state index is 0.0549. The molecule has 0 aliphatic rings. The summed E-state index contributed by atoms with van der Waals surface area (Å²) in [6, 6.07) is 6.39. The number of sulfonamides is 1. The highest BCUT2D eigenvalue weighted by atomic mass is 32.2. The number of primary sulfonamides is 1. The van der Waals surface area contributed by atoms with E-state index in [0.717, 1.165) is 12.0 Å². The fourth-order valence-electron chi connectivity index (χ4n) is 1.79. The van der Waals surface area contributed by atoms with Crippen molar-refractivity contribution < 1.29 is 17.9 Å². The molecule has 0 atom stereocenters. The Kier molecular flexibility index (Phi) is 8.03. The molecule has 1 aromatic carbocycles. The topological polar surface area (TPSA) is 111 Å². The third-order valence-electron chi connectivity index (χ3n) is 2.98. The molecule has 0 unspecified atom stereocenters. The van der Waals surface area contributed by atoms with Crippen molar-refractivity contribution in [2.45, 2.75) is 17.7 Å². The largest absolute Gasteiger partial charge is 0.385 e. The first-order valence-corrected chi connectivity index (χ1v) is 8.56. The summed E-state index contributed by atoms with van der Waals surface area (Å²) in [6.45, 7) is 2.11. The van der Waals surface area contributed by atoms with E-state index in [0.29, 0.717) is 26.1 Å². The maximum Gasteiger partial charge on any atom is 0.238 e. The zero-order chi connectivity index (χ0) is 16.4. The lowest BCUT2D eigenvalue weighted by Crippen LogP contribution is -2.35. The molecular formula is C14H23N3O4S. The van der Waals surface area contributed by atoms with Gasteiger partial charge in [0, 0.05) is 20.3 Å². The molecule has 1 rings (SSSR count). The maximum absolute atomic E-state index is 11.5. The highest BCUT2D eigenvalue weighted by Gasteiger charge is 2.06. The van der Waals surface area contributed by atoms with Gasteiger partial charge in [-0.05, 0) is 37.1 Å². The fourth-order valence-corrected chi connectivity index (χ4v) is 2.30. The number of ether oxygens (including phenoxy) is 1. The molecule has 0 aliphatic heterocycles. The van der Waals surface area contributed by atoms with E-state index in [9.17, 15) is 13.2 Å². The molecule has 7 nitrogen and oxygen atoms in total. The number of carbonyl (C=O) groups excluding carboxylic acids is 1. The number of amides is 1. The zero-order valence-electron chi connectivity index (χ0n) is 12.7. The van der Waals surface area contributed by atoms with Crippen LogP contribution in [0.5, 0.6) is 0 Å². The van der Waals surface area contributed by atoms with E-state index in [1.165, 1.54) is 12.1 Å².